The Kier molecular flexibility index (Phi) is 5.70. The second kappa shape index (κ2) is 7.52. The van der Waals surface area contributed by atoms with E-state index in [1.54, 1.807) is 18.0 Å². The fraction of sp³-hybridized carbons (Fsp3) is 0.333. The molecule has 2 aromatic rings. The molecule has 0 aliphatic carbocycles. The molecule has 1 aromatic heterocycles. The second-order valence-electron chi connectivity index (χ2n) is 4.82. The van der Waals surface area contributed by atoms with Crippen molar-refractivity contribution < 1.29 is 0 Å². The lowest BCUT2D eigenvalue weighted by atomic mass is 10.2. The number of hydrogen-bond donors (Lipinski definition) is 1. The molecule has 1 heterocycles. The Morgan fingerprint density at radius 1 is 1.38 bits per heavy atom. The Balaban J connectivity index is 2.19. The van der Waals surface area contributed by atoms with E-state index in [0.717, 1.165) is 11.3 Å². The average molecular weight is 324 g/mol. The molecule has 0 fully saturated rings. The van der Waals surface area contributed by atoms with Gasteiger partial charge in [0.25, 0.3) is 5.56 Å². The molecule has 0 aliphatic rings. The van der Waals surface area contributed by atoms with E-state index in [9.17, 15) is 4.79 Å². The molecule has 0 spiro atoms. The number of thioether (sulfide) groups is 1. The number of halogens is 1. The molecular formula is C15H18ClN3OS. The highest BCUT2D eigenvalue weighted by Gasteiger charge is 2.11. The predicted octanol–water partition coefficient (Wildman–Crippen LogP) is 3.11. The zero-order chi connectivity index (χ0) is 15.2. The minimum atomic E-state index is -0.276. The van der Waals surface area contributed by atoms with Gasteiger partial charge in [-0.25, -0.2) is 4.68 Å². The van der Waals surface area contributed by atoms with E-state index in [0.29, 0.717) is 12.2 Å². The molecule has 6 heteroatoms. The van der Waals surface area contributed by atoms with Crippen molar-refractivity contribution in [2.24, 2.45) is 0 Å². The lowest BCUT2D eigenvalue weighted by Crippen LogP contribution is -2.26. The molecular weight excluding hydrogens is 306 g/mol. The lowest BCUT2D eigenvalue weighted by molar-refractivity contribution is 0.639. The van der Waals surface area contributed by atoms with E-state index in [4.69, 9.17) is 11.6 Å². The van der Waals surface area contributed by atoms with E-state index in [-0.39, 0.29) is 16.6 Å². The fourth-order valence-corrected chi connectivity index (χ4v) is 2.78. The molecule has 0 bridgehead atoms. The zero-order valence-electron chi connectivity index (χ0n) is 12.0. The van der Waals surface area contributed by atoms with Crippen LogP contribution < -0.4 is 10.9 Å². The first-order chi connectivity index (χ1) is 10.1. The summed E-state index contributed by atoms with van der Waals surface area (Å²) in [5, 5.41) is 7.60. The van der Waals surface area contributed by atoms with Crippen LogP contribution in [0.25, 0.3) is 0 Å². The molecule has 0 amide bonds. The van der Waals surface area contributed by atoms with Crippen LogP contribution in [0.2, 0.25) is 5.02 Å². The van der Waals surface area contributed by atoms with Crippen LogP contribution in [-0.2, 0) is 6.54 Å². The summed E-state index contributed by atoms with van der Waals surface area (Å²) in [5.74, 6) is 0.934. The van der Waals surface area contributed by atoms with Crippen molar-refractivity contribution in [3.8, 4) is 0 Å². The summed E-state index contributed by atoms with van der Waals surface area (Å²) >= 11 is 7.90. The van der Waals surface area contributed by atoms with Gasteiger partial charge in [0.1, 0.15) is 5.02 Å². The molecule has 1 unspecified atom stereocenters. The number of nitrogens with one attached hydrogen (secondary N) is 1. The average Bonchev–Trinajstić information content (AvgIpc) is 2.48. The summed E-state index contributed by atoms with van der Waals surface area (Å²) in [6, 6.07) is 9.93. The molecule has 4 nitrogen and oxygen atoms in total. The van der Waals surface area contributed by atoms with Gasteiger partial charge in [-0.2, -0.15) is 16.9 Å². The molecule has 1 N–H and O–H groups in total. The van der Waals surface area contributed by atoms with Gasteiger partial charge in [0.15, 0.2) is 0 Å². The monoisotopic (exact) mass is 323 g/mol. The van der Waals surface area contributed by atoms with Crippen molar-refractivity contribution in [1.82, 2.24) is 9.78 Å². The fourth-order valence-electron chi connectivity index (χ4n) is 1.99. The molecule has 0 radical (unpaired) electrons. The standard InChI is InChI=1S/C15H18ClN3OS/c1-11(10-21-2)18-13-8-17-19(15(20)14(13)16)9-12-6-4-3-5-7-12/h3-8,11,18H,9-10H2,1-2H3. The first kappa shape index (κ1) is 15.9. The second-order valence-corrected chi connectivity index (χ2v) is 6.11. The summed E-state index contributed by atoms with van der Waals surface area (Å²) in [7, 11) is 0. The third kappa shape index (κ3) is 4.25. The van der Waals surface area contributed by atoms with Crippen LogP contribution in [0.1, 0.15) is 12.5 Å². The van der Waals surface area contributed by atoms with Gasteiger partial charge in [-0.3, -0.25) is 4.79 Å². The highest BCUT2D eigenvalue weighted by atomic mass is 35.5. The Bertz CT molecular complexity index is 645. The minimum Gasteiger partial charge on any atom is -0.379 e. The molecule has 21 heavy (non-hydrogen) atoms. The highest BCUT2D eigenvalue weighted by molar-refractivity contribution is 7.98. The Morgan fingerprint density at radius 2 is 2.10 bits per heavy atom. The highest BCUT2D eigenvalue weighted by Crippen LogP contribution is 2.17. The van der Waals surface area contributed by atoms with E-state index in [1.807, 2.05) is 43.5 Å². The Hall–Kier alpha value is -1.46. The first-order valence-corrected chi connectivity index (χ1v) is 8.44. The molecule has 0 aliphatic heterocycles. The topological polar surface area (TPSA) is 46.9 Å². The third-order valence-corrected chi connectivity index (χ3v) is 4.18. The van der Waals surface area contributed by atoms with Crippen LogP contribution in [0.4, 0.5) is 5.69 Å². The van der Waals surface area contributed by atoms with Crippen molar-refractivity contribution in [3.05, 3.63) is 57.5 Å². The van der Waals surface area contributed by atoms with E-state index in [2.05, 4.69) is 10.4 Å². The molecule has 0 saturated heterocycles. The number of rotatable bonds is 6. The molecule has 112 valence electrons. The number of benzene rings is 1. The normalized spacial score (nSPS) is 12.1. The maximum Gasteiger partial charge on any atom is 0.287 e. The van der Waals surface area contributed by atoms with Crippen LogP contribution in [0, 0.1) is 0 Å². The number of anilines is 1. The number of hydrogen-bond acceptors (Lipinski definition) is 4. The lowest BCUT2D eigenvalue weighted by Gasteiger charge is -2.15. The van der Waals surface area contributed by atoms with E-state index < -0.39 is 0 Å². The summed E-state index contributed by atoms with van der Waals surface area (Å²) in [6.45, 7) is 2.46. The van der Waals surface area contributed by atoms with E-state index in [1.165, 1.54) is 4.68 Å². The van der Waals surface area contributed by atoms with Crippen molar-refractivity contribution in [2.45, 2.75) is 19.5 Å². The van der Waals surface area contributed by atoms with Gasteiger partial charge in [0.05, 0.1) is 18.4 Å². The van der Waals surface area contributed by atoms with Crippen LogP contribution in [-0.4, -0.2) is 27.8 Å². The molecule has 1 atom stereocenters. The zero-order valence-corrected chi connectivity index (χ0v) is 13.6. The van der Waals surface area contributed by atoms with Gasteiger partial charge < -0.3 is 5.32 Å². The quantitative estimate of drug-likeness (QED) is 0.887. The summed E-state index contributed by atoms with van der Waals surface area (Å²) in [6.07, 6.45) is 3.65. The molecule has 1 aromatic carbocycles. The van der Waals surface area contributed by atoms with Crippen molar-refractivity contribution in [3.63, 3.8) is 0 Å². The van der Waals surface area contributed by atoms with Crippen LogP contribution in [0.15, 0.2) is 41.3 Å². The van der Waals surface area contributed by atoms with Gasteiger partial charge in [-0.1, -0.05) is 41.9 Å². The number of aromatic nitrogens is 2. The minimum absolute atomic E-state index is 0.189. The summed E-state index contributed by atoms with van der Waals surface area (Å²) in [4.78, 5) is 12.3. The van der Waals surface area contributed by atoms with Crippen LogP contribution >= 0.6 is 23.4 Å². The first-order valence-electron chi connectivity index (χ1n) is 6.67. The summed E-state index contributed by atoms with van der Waals surface area (Å²) in [5.41, 5.74) is 1.33. The maximum absolute atomic E-state index is 12.3. The summed E-state index contributed by atoms with van der Waals surface area (Å²) < 4.78 is 1.38. The van der Waals surface area contributed by atoms with E-state index >= 15 is 0 Å². The van der Waals surface area contributed by atoms with Crippen molar-refractivity contribution in [1.29, 1.82) is 0 Å². The van der Waals surface area contributed by atoms with Gasteiger partial charge in [-0.15, -0.1) is 0 Å². The van der Waals surface area contributed by atoms with Crippen molar-refractivity contribution >= 4 is 29.1 Å². The maximum atomic E-state index is 12.3. The van der Waals surface area contributed by atoms with Gasteiger partial charge in [0, 0.05) is 11.8 Å². The van der Waals surface area contributed by atoms with Crippen LogP contribution in [0.3, 0.4) is 0 Å². The largest absolute Gasteiger partial charge is 0.379 e. The number of nitrogens with zero attached hydrogens (tertiary/aromatic N) is 2. The molecule has 0 saturated carbocycles. The Morgan fingerprint density at radius 3 is 2.76 bits per heavy atom. The van der Waals surface area contributed by atoms with Crippen molar-refractivity contribution in [2.75, 3.05) is 17.3 Å². The SMILES string of the molecule is CSCC(C)Nc1cnn(Cc2ccccc2)c(=O)c1Cl. The van der Waals surface area contributed by atoms with Crippen LogP contribution in [0.5, 0.6) is 0 Å². The predicted molar refractivity (Wildman–Crippen MR) is 90.5 cm³/mol. The Labute approximate surface area is 133 Å². The smallest absolute Gasteiger partial charge is 0.287 e. The van der Waals surface area contributed by atoms with Gasteiger partial charge in [-0.05, 0) is 18.7 Å². The van der Waals surface area contributed by atoms with Gasteiger partial charge >= 0.3 is 0 Å². The van der Waals surface area contributed by atoms with Gasteiger partial charge in [0.2, 0.25) is 0 Å². The molecule has 2 rings (SSSR count). The third-order valence-electron chi connectivity index (χ3n) is 2.98.